The number of rotatable bonds is 5. The first kappa shape index (κ1) is 21.4. The van der Waals surface area contributed by atoms with Gasteiger partial charge in [0.05, 0.1) is 0 Å². The maximum atomic E-state index is 11.2. The lowest BCUT2D eigenvalue weighted by Crippen LogP contribution is -2.32. The van der Waals surface area contributed by atoms with Crippen molar-refractivity contribution in [2.45, 2.75) is 59.0 Å². The standard InChI is InChI=1S/C11H23NO2.F2.FH/c1-5-6-7-8-9-12-10(13)14-11(2,3)4;1-2;/h5-9H2,1-4H3,(H,12,13);;1H. The van der Waals surface area contributed by atoms with Crippen LogP contribution in [0.2, 0.25) is 0 Å². The molecule has 17 heavy (non-hydrogen) atoms. The van der Waals surface area contributed by atoms with Gasteiger partial charge in [0.25, 0.3) is 0 Å². The van der Waals surface area contributed by atoms with Crippen LogP contribution in [0.3, 0.4) is 0 Å². The van der Waals surface area contributed by atoms with Gasteiger partial charge in [0, 0.05) is 15.7 Å². The van der Waals surface area contributed by atoms with Crippen LogP contribution in [0.4, 0.5) is 18.6 Å². The van der Waals surface area contributed by atoms with E-state index in [1.807, 2.05) is 20.8 Å². The Balaban J connectivity index is -0.000000616. The molecule has 0 saturated heterocycles. The number of unbranched alkanes of at least 4 members (excludes halogenated alkanes) is 3. The molecule has 0 spiro atoms. The lowest BCUT2D eigenvalue weighted by molar-refractivity contribution is 0.0527. The fourth-order valence-electron chi connectivity index (χ4n) is 1.06. The predicted molar refractivity (Wildman–Crippen MR) is 63.1 cm³/mol. The number of halogens is 3. The normalized spacial score (nSPS) is 9.53. The Morgan fingerprint density at radius 1 is 1.18 bits per heavy atom. The van der Waals surface area contributed by atoms with Crippen molar-refractivity contribution in [1.82, 2.24) is 5.32 Å². The highest BCUT2D eigenvalue weighted by Gasteiger charge is 2.15. The van der Waals surface area contributed by atoms with Crippen molar-refractivity contribution in [1.29, 1.82) is 0 Å². The number of hydrogen-bond acceptors (Lipinski definition) is 2. The molecule has 0 aromatic heterocycles. The van der Waals surface area contributed by atoms with Gasteiger partial charge in [-0.15, -0.1) is 0 Å². The SMILES string of the molecule is CCCCCCNC(=O)OC(C)(C)C.F.FF. The molecule has 0 aliphatic heterocycles. The molecule has 6 heteroatoms. The molecule has 3 nitrogen and oxygen atoms in total. The first-order chi connectivity index (χ1) is 7.45. The first-order valence-corrected chi connectivity index (χ1v) is 5.57. The van der Waals surface area contributed by atoms with Gasteiger partial charge in [0.1, 0.15) is 5.60 Å². The van der Waals surface area contributed by atoms with Crippen LogP contribution in [0, 0.1) is 0 Å². The molecule has 0 rings (SSSR count). The van der Waals surface area contributed by atoms with E-state index in [2.05, 4.69) is 12.2 Å². The highest BCUT2D eigenvalue weighted by Crippen LogP contribution is 2.06. The summed E-state index contributed by atoms with van der Waals surface area (Å²) >= 11 is 0. The predicted octanol–water partition coefficient (Wildman–Crippen LogP) is 4.08. The second-order valence-corrected chi connectivity index (χ2v) is 4.49. The summed E-state index contributed by atoms with van der Waals surface area (Å²) in [5, 5.41) is 2.74. The average molecular weight is 259 g/mol. The Hall–Kier alpha value is -0.940. The third kappa shape index (κ3) is 21.0. The van der Waals surface area contributed by atoms with Crippen molar-refractivity contribution in [2.24, 2.45) is 0 Å². The number of carbonyl (C=O) groups is 1. The molecule has 1 amide bonds. The second-order valence-electron chi connectivity index (χ2n) is 4.49. The van der Waals surface area contributed by atoms with Crippen molar-refractivity contribution in [3.05, 3.63) is 0 Å². The summed E-state index contributed by atoms with van der Waals surface area (Å²) in [6.45, 7) is 8.48. The quantitative estimate of drug-likeness (QED) is 0.755. The molecule has 0 aliphatic rings. The third-order valence-corrected chi connectivity index (χ3v) is 1.70. The monoisotopic (exact) mass is 259 g/mol. The van der Waals surface area contributed by atoms with E-state index in [1.165, 1.54) is 19.3 Å². The first-order valence-electron chi connectivity index (χ1n) is 5.57. The molecule has 0 aliphatic carbocycles. The van der Waals surface area contributed by atoms with Crippen LogP contribution in [0.15, 0.2) is 0 Å². The topological polar surface area (TPSA) is 38.3 Å². The van der Waals surface area contributed by atoms with E-state index in [1.54, 1.807) is 0 Å². The molecule has 0 aromatic carbocycles. The number of amides is 1. The maximum absolute atomic E-state index is 11.2. The molecule has 0 fully saturated rings. The number of ether oxygens (including phenoxy) is 1. The molecular formula is C11H24F3NO2. The van der Waals surface area contributed by atoms with Gasteiger partial charge in [-0.25, -0.2) is 4.79 Å². The Labute approximate surface area is 101 Å². The van der Waals surface area contributed by atoms with Crippen molar-refractivity contribution in [2.75, 3.05) is 6.54 Å². The van der Waals surface area contributed by atoms with Gasteiger partial charge in [0.15, 0.2) is 0 Å². The largest absolute Gasteiger partial charge is 0.444 e. The van der Waals surface area contributed by atoms with E-state index in [0.29, 0.717) is 0 Å². The van der Waals surface area contributed by atoms with E-state index in [4.69, 9.17) is 13.9 Å². The van der Waals surface area contributed by atoms with Crippen molar-refractivity contribution < 1.29 is 23.4 Å². The lowest BCUT2D eigenvalue weighted by Gasteiger charge is -2.19. The van der Waals surface area contributed by atoms with Gasteiger partial charge in [-0.05, 0) is 27.2 Å². The minimum atomic E-state index is -0.395. The Morgan fingerprint density at radius 2 is 1.71 bits per heavy atom. The highest BCUT2D eigenvalue weighted by molar-refractivity contribution is 5.67. The minimum absolute atomic E-state index is 0. The van der Waals surface area contributed by atoms with Gasteiger partial charge in [-0.3, -0.25) is 4.70 Å². The Bertz CT molecular complexity index is 173. The lowest BCUT2D eigenvalue weighted by atomic mass is 10.2. The van der Waals surface area contributed by atoms with E-state index < -0.39 is 5.60 Å². The summed E-state index contributed by atoms with van der Waals surface area (Å²) in [4.78, 5) is 11.2. The van der Waals surface area contributed by atoms with E-state index >= 15 is 0 Å². The smallest absolute Gasteiger partial charge is 0.407 e. The zero-order chi connectivity index (χ0) is 13.0. The molecule has 106 valence electrons. The Morgan fingerprint density at radius 3 is 2.12 bits per heavy atom. The van der Waals surface area contributed by atoms with Crippen molar-refractivity contribution in [3.63, 3.8) is 0 Å². The molecule has 0 bridgehead atoms. The minimum Gasteiger partial charge on any atom is -0.444 e. The van der Waals surface area contributed by atoms with Crippen molar-refractivity contribution in [3.8, 4) is 0 Å². The Kier molecular flexibility index (Phi) is 16.5. The maximum Gasteiger partial charge on any atom is 0.407 e. The van der Waals surface area contributed by atoms with Gasteiger partial charge < -0.3 is 10.1 Å². The van der Waals surface area contributed by atoms with Crippen LogP contribution in [0.25, 0.3) is 0 Å². The van der Waals surface area contributed by atoms with E-state index in [0.717, 1.165) is 13.0 Å². The molecule has 0 atom stereocenters. The number of hydrogen-bond donors (Lipinski definition) is 1. The molecule has 0 aromatic rings. The third-order valence-electron chi connectivity index (χ3n) is 1.70. The van der Waals surface area contributed by atoms with Crippen LogP contribution >= 0.6 is 0 Å². The van der Waals surface area contributed by atoms with Crippen LogP contribution in [-0.2, 0) is 4.74 Å². The van der Waals surface area contributed by atoms with E-state index in [9.17, 15) is 4.79 Å². The molecule has 0 radical (unpaired) electrons. The van der Waals surface area contributed by atoms with Crippen LogP contribution in [0.1, 0.15) is 53.4 Å². The molecule has 0 heterocycles. The zero-order valence-corrected chi connectivity index (χ0v) is 11.0. The average Bonchev–Trinajstić information content (AvgIpc) is 2.18. The number of carbonyl (C=O) groups excluding carboxylic acids is 1. The molecule has 0 saturated carbocycles. The molecule has 0 unspecified atom stereocenters. The number of nitrogens with one attached hydrogen (secondary N) is 1. The number of alkyl carbamates (subject to hydrolysis) is 1. The summed E-state index contributed by atoms with van der Waals surface area (Å²) in [5.41, 5.74) is -0.395. The summed E-state index contributed by atoms with van der Waals surface area (Å²) in [7, 11) is 0. The van der Waals surface area contributed by atoms with Crippen LogP contribution in [-0.4, -0.2) is 18.2 Å². The molecular weight excluding hydrogens is 235 g/mol. The van der Waals surface area contributed by atoms with Crippen LogP contribution in [0.5, 0.6) is 0 Å². The van der Waals surface area contributed by atoms with Crippen molar-refractivity contribution >= 4 is 6.09 Å². The van der Waals surface area contributed by atoms with Gasteiger partial charge >= 0.3 is 6.09 Å². The zero-order valence-electron chi connectivity index (χ0n) is 11.0. The van der Waals surface area contributed by atoms with Crippen LogP contribution < -0.4 is 5.32 Å². The van der Waals surface area contributed by atoms with Gasteiger partial charge in [-0.1, -0.05) is 26.2 Å². The second kappa shape index (κ2) is 13.1. The summed E-state index contributed by atoms with van der Waals surface area (Å²) in [6.07, 6.45) is 4.34. The van der Waals surface area contributed by atoms with Gasteiger partial charge in [0.2, 0.25) is 0 Å². The summed E-state index contributed by atoms with van der Waals surface area (Å²) in [5.74, 6) is 0. The van der Waals surface area contributed by atoms with E-state index in [-0.39, 0.29) is 10.8 Å². The van der Waals surface area contributed by atoms with Gasteiger partial charge in [-0.2, -0.15) is 0 Å². The molecule has 1 N–H and O–H groups in total. The fraction of sp³-hybridized carbons (Fsp3) is 0.909. The highest BCUT2D eigenvalue weighted by atomic mass is 20.0. The summed E-state index contributed by atoms with van der Waals surface area (Å²) in [6, 6.07) is 0. The fourth-order valence-corrected chi connectivity index (χ4v) is 1.06. The summed E-state index contributed by atoms with van der Waals surface area (Å²) < 4.78 is 21.1.